The van der Waals surface area contributed by atoms with Crippen LogP contribution in [0.5, 0.6) is 0 Å². The lowest BCUT2D eigenvalue weighted by Gasteiger charge is -2.07. The van der Waals surface area contributed by atoms with Gasteiger partial charge < -0.3 is 11.1 Å². The number of aromatic nitrogens is 2. The topological polar surface area (TPSA) is 63.8 Å². The quantitative estimate of drug-likeness (QED) is 0.656. The molecule has 0 bridgehead atoms. The van der Waals surface area contributed by atoms with Gasteiger partial charge >= 0.3 is 0 Å². The van der Waals surface area contributed by atoms with Crippen molar-refractivity contribution in [2.75, 3.05) is 17.3 Å². The number of thioether (sulfide) groups is 1. The first kappa shape index (κ1) is 12.6. The second kappa shape index (κ2) is 5.68. The van der Waals surface area contributed by atoms with Crippen LogP contribution in [0.15, 0.2) is 35.5 Å². The monoisotopic (exact) mass is 264 g/mol. The van der Waals surface area contributed by atoms with Crippen LogP contribution < -0.4 is 11.1 Å². The number of nitrogens with zero attached hydrogens (tertiary/aromatic N) is 2. The van der Waals surface area contributed by atoms with Crippen molar-refractivity contribution in [3.8, 4) is 0 Å². The van der Waals surface area contributed by atoms with E-state index in [2.05, 4.69) is 15.3 Å². The zero-order valence-electron chi connectivity index (χ0n) is 9.85. The SMILES string of the molecule is CSc1nc(N)cc(NCc2ccc(F)cc2)n1. The highest BCUT2D eigenvalue weighted by Gasteiger charge is 2.01. The highest BCUT2D eigenvalue weighted by Crippen LogP contribution is 2.15. The van der Waals surface area contributed by atoms with Crippen LogP contribution in [0.1, 0.15) is 5.56 Å². The summed E-state index contributed by atoms with van der Waals surface area (Å²) >= 11 is 1.43. The van der Waals surface area contributed by atoms with Crippen LogP contribution in [0.4, 0.5) is 16.0 Å². The minimum atomic E-state index is -0.241. The molecular weight excluding hydrogens is 251 g/mol. The molecule has 1 aromatic carbocycles. The molecule has 0 aliphatic rings. The molecule has 0 saturated carbocycles. The molecule has 0 radical (unpaired) electrons. The predicted molar refractivity (Wildman–Crippen MR) is 72.0 cm³/mol. The number of benzene rings is 1. The number of hydrogen-bond acceptors (Lipinski definition) is 5. The van der Waals surface area contributed by atoms with Crippen molar-refractivity contribution in [1.29, 1.82) is 0 Å². The first-order valence-electron chi connectivity index (χ1n) is 5.34. The number of anilines is 2. The Kier molecular flexibility index (Phi) is 3.99. The molecule has 0 atom stereocenters. The van der Waals surface area contributed by atoms with Crippen molar-refractivity contribution >= 4 is 23.4 Å². The van der Waals surface area contributed by atoms with Crippen LogP contribution in [0.3, 0.4) is 0 Å². The first-order valence-corrected chi connectivity index (χ1v) is 6.57. The number of nitrogen functional groups attached to an aromatic ring is 1. The van der Waals surface area contributed by atoms with Gasteiger partial charge in [0.1, 0.15) is 17.5 Å². The van der Waals surface area contributed by atoms with E-state index in [4.69, 9.17) is 5.73 Å². The summed E-state index contributed by atoms with van der Waals surface area (Å²) in [5.41, 5.74) is 6.64. The van der Waals surface area contributed by atoms with E-state index >= 15 is 0 Å². The van der Waals surface area contributed by atoms with Crippen LogP contribution >= 0.6 is 11.8 Å². The fourth-order valence-electron chi connectivity index (χ4n) is 1.42. The van der Waals surface area contributed by atoms with Gasteiger partial charge in [-0.25, -0.2) is 14.4 Å². The van der Waals surface area contributed by atoms with Gasteiger partial charge in [0.05, 0.1) is 0 Å². The molecule has 3 N–H and O–H groups in total. The molecule has 0 fully saturated rings. The molecule has 6 heteroatoms. The van der Waals surface area contributed by atoms with E-state index in [1.807, 2.05) is 6.26 Å². The van der Waals surface area contributed by atoms with Crippen molar-refractivity contribution in [3.05, 3.63) is 41.7 Å². The molecule has 2 rings (SSSR count). The van der Waals surface area contributed by atoms with E-state index in [1.165, 1.54) is 23.9 Å². The molecule has 1 aromatic heterocycles. The van der Waals surface area contributed by atoms with Gasteiger partial charge in [0, 0.05) is 12.6 Å². The Hall–Kier alpha value is -1.82. The van der Waals surface area contributed by atoms with Crippen LogP contribution in [0.25, 0.3) is 0 Å². The Labute approximate surface area is 109 Å². The van der Waals surface area contributed by atoms with Crippen LogP contribution in [0.2, 0.25) is 0 Å². The number of rotatable bonds is 4. The van der Waals surface area contributed by atoms with Crippen molar-refractivity contribution in [3.63, 3.8) is 0 Å². The standard InChI is InChI=1S/C12H13FN4S/c1-18-12-16-10(14)6-11(17-12)15-7-8-2-4-9(13)5-3-8/h2-6H,7H2,1H3,(H3,14,15,16,17). The maximum absolute atomic E-state index is 12.7. The molecule has 0 saturated heterocycles. The normalized spacial score (nSPS) is 10.3. The summed E-state index contributed by atoms with van der Waals surface area (Å²) in [5.74, 6) is 0.849. The average molecular weight is 264 g/mol. The van der Waals surface area contributed by atoms with Gasteiger partial charge in [-0.15, -0.1) is 0 Å². The zero-order valence-corrected chi connectivity index (χ0v) is 10.7. The van der Waals surface area contributed by atoms with Crippen molar-refractivity contribution in [2.24, 2.45) is 0 Å². The molecule has 0 unspecified atom stereocenters. The van der Waals surface area contributed by atoms with Crippen LogP contribution in [-0.2, 0) is 6.54 Å². The van der Waals surface area contributed by atoms with Crippen molar-refractivity contribution in [1.82, 2.24) is 9.97 Å². The third kappa shape index (κ3) is 3.33. The average Bonchev–Trinajstić information content (AvgIpc) is 2.37. The van der Waals surface area contributed by atoms with E-state index in [0.29, 0.717) is 23.3 Å². The Balaban J connectivity index is 2.05. The first-order chi connectivity index (χ1) is 8.67. The minimum Gasteiger partial charge on any atom is -0.383 e. The molecule has 0 aliphatic carbocycles. The molecule has 4 nitrogen and oxygen atoms in total. The van der Waals surface area contributed by atoms with E-state index in [0.717, 1.165) is 5.56 Å². The van der Waals surface area contributed by atoms with Gasteiger partial charge in [-0.2, -0.15) is 0 Å². The van der Waals surface area contributed by atoms with Gasteiger partial charge in [0.15, 0.2) is 5.16 Å². The largest absolute Gasteiger partial charge is 0.383 e. The lowest BCUT2D eigenvalue weighted by molar-refractivity contribution is 0.627. The summed E-state index contributed by atoms with van der Waals surface area (Å²) in [5, 5.41) is 3.75. The maximum Gasteiger partial charge on any atom is 0.191 e. The lowest BCUT2D eigenvalue weighted by Crippen LogP contribution is -2.04. The molecule has 0 amide bonds. The van der Waals surface area contributed by atoms with Crippen LogP contribution in [-0.4, -0.2) is 16.2 Å². The number of nitrogens with one attached hydrogen (secondary N) is 1. The molecule has 18 heavy (non-hydrogen) atoms. The summed E-state index contributed by atoms with van der Waals surface area (Å²) in [6, 6.07) is 7.98. The van der Waals surface area contributed by atoms with E-state index in [-0.39, 0.29) is 5.82 Å². The van der Waals surface area contributed by atoms with Gasteiger partial charge in [-0.3, -0.25) is 0 Å². The Morgan fingerprint density at radius 1 is 1.28 bits per heavy atom. The van der Waals surface area contributed by atoms with Crippen LogP contribution in [0, 0.1) is 5.82 Å². The third-order valence-electron chi connectivity index (χ3n) is 2.29. The van der Waals surface area contributed by atoms with Gasteiger partial charge in [0.2, 0.25) is 0 Å². The molecule has 0 aliphatic heterocycles. The second-order valence-corrected chi connectivity index (χ2v) is 4.42. The fourth-order valence-corrected chi connectivity index (χ4v) is 1.81. The molecule has 0 spiro atoms. The summed E-state index contributed by atoms with van der Waals surface area (Å²) in [6.45, 7) is 0.560. The predicted octanol–water partition coefficient (Wildman–Crippen LogP) is 2.53. The zero-order chi connectivity index (χ0) is 13.0. The van der Waals surface area contributed by atoms with Gasteiger partial charge in [-0.05, 0) is 24.0 Å². The van der Waals surface area contributed by atoms with E-state index < -0.39 is 0 Å². The second-order valence-electron chi connectivity index (χ2n) is 3.64. The fraction of sp³-hybridized carbons (Fsp3) is 0.167. The summed E-state index contributed by atoms with van der Waals surface area (Å²) in [7, 11) is 0. The van der Waals surface area contributed by atoms with E-state index in [9.17, 15) is 4.39 Å². The number of nitrogens with two attached hydrogens (primary N) is 1. The van der Waals surface area contributed by atoms with Crippen molar-refractivity contribution in [2.45, 2.75) is 11.7 Å². The Bertz CT molecular complexity index is 530. The smallest absolute Gasteiger partial charge is 0.191 e. The Morgan fingerprint density at radius 3 is 2.67 bits per heavy atom. The Morgan fingerprint density at radius 2 is 2.00 bits per heavy atom. The summed E-state index contributed by atoms with van der Waals surface area (Å²) < 4.78 is 12.7. The van der Waals surface area contributed by atoms with Gasteiger partial charge in [0.25, 0.3) is 0 Å². The van der Waals surface area contributed by atoms with Crippen molar-refractivity contribution < 1.29 is 4.39 Å². The highest BCUT2D eigenvalue weighted by molar-refractivity contribution is 7.98. The summed E-state index contributed by atoms with van der Waals surface area (Å²) in [4.78, 5) is 8.33. The molecular formula is C12H13FN4S. The summed E-state index contributed by atoms with van der Waals surface area (Å²) in [6.07, 6.45) is 1.89. The number of hydrogen-bond donors (Lipinski definition) is 2. The maximum atomic E-state index is 12.7. The van der Waals surface area contributed by atoms with Gasteiger partial charge in [-0.1, -0.05) is 23.9 Å². The van der Waals surface area contributed by atoms with E-state index in [1.54, 1.807) is 18.2 Å². The minimum absolute atomic E-state index is 0.241. The third-order valence-corrected chi connectivity index (χ3v) is 2.84. The molecule has 2 aromatic rings. The molecule has 1 heterocycles. The molecule has 94 valence electrons. The highest BCUT2D eigenvalue weighted by atomic mass is 32.2. The number of halogens is 1. The lowest BCUT2D eigenvalue weighted by atomic mass is 10.2.